The predicted molar refractivity (Wildman–Crippen MR) is 79.3 cm³/mol. The average Bonchev–Trinajstić information content (AvgIpc) is 2.50. The van der Waals surface area contributed by atoms with Crippen LogP contribution >= 0.6 is 0 Å². The van der Waals surface area contributed by atoms with Crippen LogP contribution < -0.4 is 16.6 Å². The number of anilines is 1. The third-order valence-corrected chi connectivity index (χ3v) is 2.69. The van der Waals surface area contributed by atoms with Crippen LogP contribution in [-0.2, 0) is 0 Å². The molecular formula is C12H11N5O7. The van der Waals surface area contributed by atoms with Crippen molar-refractivity contribution in [3.05, 3.63) is 66.7 Å². The Balaban J connectivity index is 0.000000300. The van der Waals surface area contributed by atoms with Gasteiger partial charge in [0, 0.05) is 6.07 Å². The summed E-state index contributed by atoms with van der Waals surface area (Å²) in [5, 5.41) is 42.1. The number of rotatable bonds is 3. The van der Waals surface area contributed by atoms with Gasteiger partial charge in [-0.2, -0.15) is 0 Å². The molecule has 12 heteroatoms. The molecule has 0 fully saturated rings. The van der Waals surface area contributed by atoms with Gasteiger partial charge >= 0.3 is 0 Å². The highest BCUT2D eigenvalue weighted by Gasteiger charge is 2.24. The van der Waals surface area contributed by atoms with E-state index in [-0.39, 0.29) is 0 Å². The zero-order valence-corrected chi connectivity index (χ0v) is 11.9. The van der Waals surface area contributed by atoms with Crippen molar-refractivity contribution in [1.29, 1.82) is 0 Å². The van der Waals surface area contributed by atoms with E-state index in [1.807, 2.05) is 24.3 Å². The summed E-state index contributed by atoms with van der Waals surface area (Å²) in [5.41, 5.74) is 7.54. The number of nitrogens with zero attached hydrogens (tertiary/aromatic N) is 3. The summed E-state index contributed by atoms with van der Waals surface area (Å²) in [7, 11) is 0. The lowest BCUT2D eigenvalue weighted by Gasteiger charge is -2.06. The molecule has 5 N–H and O–H groups in total. The van der Waals surface area contributed by atoms with Gasteiger partial charge in [0.15, 0.2) is 5.69 Å². The molecule has 0 atom stereocenters. The summed E-state index contributed by atoms with van der Waals surface area (Å²) < 4.78 is 0. The highest BCUT2D eigenvalue weighted by atomic mass is 16.6. The molecular weight excluding hydrogens is 326 g/mol. The lowest BCUT2D eigenvalue weighted by atomic mass is 10.2. The predicted octanol–water partition coefficient (Wildman–Crippen LogP) is 0.627. The lowest BCUT2D eigenvalue weighted by Crippen LogP contribution is -2.40. The first-order valence-electron chi connectivity index (χ1n) is 6.09. The Morgan fingerprint density at radius 2 is 1.33 bits per heavy atom. The minimum Gasteiger partial charge on any atom is -0.863 e. The van der Waals surface area contributed by atoms with E-state index >= 15 is 0 Å². The maximum absolute atomic E-state index is 11.1. The normalized spacial score (nSPS) is 9.54. The lowest BCUT2D eigenvalue weighted by molar-refractivity contribution is -0.420. The maximum atomic E-state index is 11.1. The Hall–Kier alpha value is -3.80. The van der Waals surface area contributed by atoms with Crippen molar-refractivity contribution in [1.82, 2.24) is 0 Å². The number of nitro benzene ring substituents is 3. The van der Waals surface area contributed by atoms with Crippen molar-refractivity contribution in [3.63, 3.8) is 0 Å². The van der Waals surface area contributed by atoms with Gasteiger partial charge in [-0.15, -0.1) is 0 Å². The highest BCUT2D eigenvalue weighted by Crippen LogP contribution is 2.36. The first-order valence-corrected chi connectivity index (χ1v) is 6.09. The van der Waals surface area contributed by atoms with Crippen LogP contribution in [0.2, 0.25) is 0 Å². The fourth-order valence-corrected chi connectivity index (χ4v) is 1.49. The second-order valence-corrected chi connectivity index (χ2v) is 4.28. The molecule has 0 spiro atoms. The third kappa shape index (κ3) is 4.35. The third-order valence-electron chi connectivity index (χ3n) is 2.69. The van der Waals surface area contributed by atoms with Crippen LogP contribution in [0.1, 0.15) is 0 Å². The van der Waals surface area contributed by atoms with Crippen LogP contribution in [0.5, 0.6) is 5.75 Å². The van der Waals surface area contributed by atoms with Crippen molar-refractivity contribution in [2.75, 3.05) is 5.73 Å². The van der Waals surface area contributed by atoms with Crippen LogP contribution in [0, 0.1) is 30.3 Å². The summed E-state index contributed by atoms with van der Waals surface area (Å²) >= 11 is 0. The van der Waals surface area contributed by atoms with Crippen molar-refractivity contribution in [2.24, 2.45) is 0 Å². The summed E-state index contributed by atoms with van der Waals surface area (Å²) in [4.78, 5) is 27.5. The van der Waals surface area contributed by atoms with Crippen molar-refractivity contribution in [2.45, 2.75) is 0 Å². The van der Waals surface area contributed by atoms with Gasteiger partial charge < -0.3 is 16.6 Å². The minimum atomic E-state index is -1.46. The average molecular weight is 337 g/mol. The van der Waals surface area contributed by atoms with Gasteiger partial charge in [0.1, 0.15) is 0 Å². The topological polar surface area (TPSA) is 206 Å². The molecule has 2 aromatic rings. The summed E-state index contributed by atoms with van der Waals surface area (Å²) in [6, 6.07) is 8.30. The monoisotopic (exact) mass is 337 g/mol. The van der Waals surface area contributed by atoms with E-state index < -0.39 is 37.6 Å². The second kappa shape index (κ2) is 7.46. The quantitative estimate of drug-likeness (QED) is 0.460. The molecule has 0 aliphatic carbocycles. The van der Waals surface area contributed by atoms with E-state index in [1.165, 1.54) is 0 Å². The number of non-ortho nitro benzene ring substituents is 1. The molecule has 0 bridgehead atoms. The molecule has 0 radical (unpaired) electrons. The van der Waals surface area contributed by atoms with Gasteiger partial charge in [-0.05, 0) is 6.07 Å². The minimum absolute atomic E-state index is 0.384. The molecule has 2 aromatic carbocycles. The summed E-state index contributed by atoms with van der Waals surface area (Å²) in [6.07, 6.45) is 0. The number of benzene rings is 2. The molecule has 2 rings (SSSR count). The maximum Gasteiger partial charge on any atom is 0.283 e. The van der Waals surface area contributed by atoms with Crippen LogP contribution in [0.25, 0.3) is 0 Å². The van der Waals surface area contributed by atoms with E-state index in [2.05, 4.69) is 5.73 Å². The Morgan fingerprint density at radius 3 is 1.62 bits per heavy atom. The molecule has 24 heavy (non-hydrogen) atoms. The van der Waals surface area contributed by atoms with Gasteiger partial charge in [0.25, 0.3) is 17.1 Å². The first-order chi connectivity index (χ1) is 11.1. The molecule has 0 saturated heterocycles. The van der Waals surface area contributed by atoms with Crippen LogP contribution in [0.4, 0.5) is 28.4 Å². The molecule has 0 aliphatic rings. The van der Waals surface area contributed by atoms with E-state index in [0.717, 1.165) is 11.4 Å². The Bertz CT molecular complexity index is 752. The van der Waals surface area contributed by atoms with E-state index in [1.54, 1.807) is 0 Å². The van der Waals surface area contributed by atoms with E-state index in [4.69, 9.17) is 5.73 Å². The Labute approximate surface area is 133 Å². The molecule has 0 aromatic heterocycles. The molecule has 126 valence electrons. The number of quaternary nitrogens is 1. The second-order valence-electron chi connectivity index (χ2n) is 4.28. The zero-order chi connectivity index (χ0) is 18.4. The van der Waals surface area contributed by atoms with Crippen molar-refractivity contribution < 1.29 is 25.6 Å². The zero-order valence-electron chi connectivity index (χ0n) is 11.9. The van der Waals surface area contributed by atoms with Crippen molar-refractivity contribution >= 4 is 28.4 Å². The summed E-state index contributed by atoms with van der Waals surface area (Å²) in [5.74, 6) is -1.46. The highest BCUT2D eigenvalue weighted by molar-refractivity contribution is 5.64. The molecule has 12 nitrogen and oxygen atoms in total. The van der Waals surface area contributed by atoms with Gasteiger partial charge in [-0.3, -0.25) is 30.3 Å². The van der Waals surface area contributed by atoms with Crippen LogP contribution in [0.15, 0.2) is 36.4 Å². The number of para-hydroxylation sites is 1. The molecule has 0 unspecified atom stereocenters. The van der Waals surface area contributed by atoms with Crippen LogP contribution in [0.3, 0.4) is 0 Å². The summed E-state index contributed by atoms with van der Waals surface area (Å²) in [6.45, 7) is 0. The molecule has 0 amide bonds. The van der Waals surface area contributed by atoms with Gasteiger partial charge in [-0.1, -0.05) is 12.1 Å². The van der Waals surface area contributed by atoms with Gasteiger partial charge in [0.05, 0.1) is 38.3 Å². The van der Waals surface area contributed by atoms with Crippen LogP contribution in [-0.4, -0.2) is 14.8 Å². The smallest absolute Gasteiger partial charge is 0.283 e. The van der Waals surface area contributed by atoms with Crippen molar-refractivity contribution in [3.8, 4) is 5.75 Å². The fraction of sp³-hybridized carbons (Fsp3) is 0. The number of hydrogen-bond acceptors (Lipinski definition) is 8. The SMILES string of the molecule is Nc1ccccc1[NH3+].O=[N+]([O-])c1cc([N+](=O)[O-])c([O-])c([N+](=O)[O-])c1. The number of nitrogen functional groups attached to an aromatic ring is 1. The standard InChI is InChI=1S/C6H3N3O7.C6H8N2/c10-6-4(8(13)14)1-3(7(11)12)2-5(6)9(15)16;7-5-3-1-2-4-6(5)8/h1-2,10H;1-4H,7-8H2. The fourth-order valence-electron chi connectivity index (χ4n) is 1.49. The first kappa shape index (κ1) is 18.2. The molecule has 0 saturated carbocycles. The number of nitrogens with two attached hydrogens (primary N) is 1. The molecule has 0 aliphatic heterocycles. The Kier molecular flexibility index (Phi) is 5.67. The number of nitro groups is 3. The number of hydrogen-bond donors (Lipinski definition) is 2. The largest absolute Gasteiger partial charge is 0.863 e. The van der Waals surface area contributed by atoms with Gasteiger partial charge in [0.2, 0.25) is 0 Å². The van der Waals surface area contributed by atoms with E-state index in [9.17, 15) is 35.4 Å². The molecule has 0 heterocycles. The van der Waals surface area contributed by atoms with E-state index in [0.29, 0.717) is 12.1 Å². The Morgan fingerprint density at radius 1 is 0.875 bits per heavy atom. The van der Waals surface area contributed by atoms with Gasteiger partial charge in [-0.25, -0.2) is 0 Å².